The Morgan fingerprint density at radius 1 is 1.40 bits per heavy atom. The molecule has 5 heteroatoms. The molecule has 0 aliphatic carbocycles. The van der Waals surface area contributed by atoms with Crippen LogP contribution in [-0.2, 0) is 16.1 Å². The quantitative estimate of drug-likeness (QED) is 0.547. The first-order chi connectivity index (χ1) is 7.22. The summed E-state index contributed by atoms with van der Waals surface area (Å²) in [5.74, 6) is 4.34. The van der Waals surface area contributed by atoms with Gasteiger partial charge in [0, 0.05) is 6.54 Å². The van der Waals surface area contributed by atoms with Crippen molar-refractivity contribution in [3.63, 3.8) is 0 Å². The molecule has 3 N–H and O–H groups in total. The topological polar surface area (TPSA) is 64.3 Å². The molecule has 4 nitrogen and oxygen atoms in total. The first kappa shape index (κ1) is 11.6. The van der Waals surface area contributed by atoms with Crippen LogP contribution in [0.3, 0.4) is 0 Å². The summed E-state index contributed by atoms with van der Waals surface area (Å²) in [5.41, 5.74) is 0.766. The Morgan fingerprint density at radius 2 is 2.07 bits per heavy atom. The number of nitrogens with two attached hydrogens (primary N) is 1. The van der Waals surface area contributed by atoms with E-state index < -0.39 is 0 Å². The van der Waals surface area contributed by atoms with Gasteiger partial charge in [0.2, 0.25) is 5.91 Å². The molecule has 0 aliphatic rings. The molecule has 0 aromatic heterocycles. The molecule has 0 unspecified atom stereocenters. The number of rotatable bonds is 5. The molecule has 0 bridgehead atoms. The average molecular weight is 212 g/mol. The van der Waals surface area contributed by atoms with Gasteiger partial charge in [0.1, 0.15) is 5.82 Å². The van der Waals surface area contributed by atoms with Gasteiger partial charge in [0.05, 0.1) is 13.0 Å². The maximum absolute atomic E-state index is 12.5. The third-order valence-electron chi connectivity index (χ3n) is 1.82. The van der Waals surface area contributed by atoms with Crippen molar-refractivity contribution in [1.82, 2.24) is 5.32 Å². The van der Waals surface area contributed by atoms with E-state index in [1.807, 2.05) is 0 Å². The van der Waals surface area contributed by atoms with Crippen LogP contribution in [0.4, 0.5) is 4.39 Å². The largest absolute Gasteiger partial charge is 0.353 e. The van der Waals surface area contributed by atoms with Crippen LogP contribution in [0.1, 0.15) is 5.56 Å². The van der Waals surface area contributed by atoms with Crippen LogP contribution in [0.5, 0.6) is 0 Å². The van der Waals surface area contributed by atoms with Crippen molar-refractivity contribution < 1.29 is 14.0 Å². The second kappa shape index (κ2) is 6.10. The second-order valence-corrected chi connectivity index (χ2v) is 3.02. The van der Waals surface area contributed by atoms with E-state index in [0.29, 0.717) is 6.54 Å². The summed E-state index contributed by atoms with van der Waals surface area (Å²) in [6, 6.07) is 5.81. The van der Waals surface area contributed by atoms with E-state index in [1.165, 1.54) is 12.1 Å². The number of carbonyl (C=O) groups is 1. The minimum absolute atomic E-state index is 0.140. The van der Waals surface area contributed by atoms with Crippen molar-refractivity contribution in [2.75, 3.05) is 13.2 Å². The highest BCUT2D eigenvalue weighted by molar-refractivity contribution is 5.78. The maximum Gasteiger partial charge on any atom is 0.224 e. The van der Waals surface area contributed by atoms with Gasteiger partial charge in [-0.1, -0.05) is 12.1 Å². The molecule has 0 saturated carbocycles. The highest BCUT2D eigenvalue weighted by Gasteiger charge is 2.02. The van der Waals surface area contributed by atoms with Crippen molar-refractivity contribution in [2.24, 2.45) is 5.90 Å². The fraction of sp³-hybridized carbons (Fsp3) is 0.300. The molecule has 0 atom stereocenters. The predicted octanol–water partition coefficient (Wildman–Crippen LogP) is 0.375. The van der Waals surface area contributed by atoms with Crippen LogP contribution in [0.15, 0.2) is 24.3 Å². The van der Waals surface area contributed by atoms with Crippen LogP contribution in [0.2, 0.25) is 0 Å². The minimum atomic E-state index is -0.310. The van der Waals surface area contributed by atoms with Gasteiger partial charge in [-0.2, -0.15) is 0 Å². The zero-order valence-electron chi connectivity index (χ0n) is 8.20. The molecular formula is C10H13FN2O2. The summed E-state index contributed by atoms with van der Waals surface area (Å²) in [6.07, 6.45) is 0.227. The molecular weight excluding hydrogens is 199 g/mol. The normalized spacial score (nSPS) is 10.0. The number of halogens is 1. The van der Waals surface area contributed by atoms with Gasteiger partial charge in [0.15, 0.2) is 0 Å². The average Bonchev–Trinajstić information content (AvgIpc) is 2.22. The molecule has 0 spiro atoms. The van der Waals surface area contributed by atoms with Crippen LogP contribution >= 0.6 is 0 Å². The van der Waals surface area contributed by atoms with E-state index in [0.717, 1.165) is 5.56 Å². The lowest BCUT2D eigenvalue weighted by Crippen LogP contribution is -2.29. The Morgan fingerprint density at radius 3 is 2.67 bits per heavy atom. The molecule has 0 fully saturated rings. The number of benzene rings is 1. The van der Waals surface area contributed by atoms with E-state index in [2.05, 4.69) is 10.2 Å². The number of amides is 1. The van der Waals surface area contributed by atoms with Crippen molar-refractivity contribution in [1.29, 1.82) is 0 Å². The standard InChI is InChI=1S/C10H13FN2O2/c11-9-3-1-8(2-4-9)7-10(14)13-5-6-15-12/h1-4H,5-7,12H2,(H,13,14). The monoisotopic (exact) mass is 212 g/mol. The summed E-state index contributed by atoms with van der Waals surface area (Å²) in [5, 5.41) is 2.61. The molecule has 1 amide bonds. The van der Waals surface area contributed by atoms with Gasteiger partial charge in [-0.15, -0.1) is 0 Å². The molecule has 15 heavy (non-hydrogen) atoms. The van der Waals surface area contributed by atoms with Crippen molar-refractivity contribution in [2.45, 2.75) is 6.42 Å². The van der Waals surface area contributed by atoms with E-state index in [9.17, 15) is 9.18 Å². The van der Waals surface area contributed by atoms with Crippen LogP contribution < -0.4 is 11.2 Å². The SMILES string of the molecule is NOCCNC(=O)Cc1ccc(F)cc1. The van der Waals surface area contributed by atoms with Gasteiger partial charge in [-0.25, -0.2) is 10.3 Å². The zero-order chi connectivity index (χ0) is 11.1. The van der Waals surface area contributed by atoms with E-state index in [4.69, 9.17) is 5.90 Å². The van der Waals surface area contributed by atoms with Gasteiger partial charge in [-0.3, -0.25) is 4.79 Å². The highest BCUT2D eigenvalue weighted by Crippen LogP contribution is 2.03. The van der Waals surface area contributed by atoms with E-state index >= 15 is 0 Å². The molecule has 0 heterocycles. The Balaban J connectivity index is 2.34. The summed E-state index contributed by atoms with van der Waals surface area (Å²) in [6.45, 7) is 0.645. The predicted molar refractivity (Wildman–Crippen MR) is 53.3 cm³/mol. The summed E-state index contributed by atoms with van der Waals surface area (Å²) < 4.78 is 12.5. The Labute approximate surface area is 87.2 Å². The second-order valence-electron chi connectivity index (χ2n) is 3.02. The van der Waals surface area contributed by atoms with Crippen molar-refractivity contribution in [3.8, 4) is 0 Å². The third-order valence-corrected chi connectivity index (χ3v) is 1.82. The fourth-order valence-electron chi connectivity index (χ4n) is 1.10. The summed E-state index contributed by atoms with van der Waals surface area (Å²) >= 11 is 0. The van der Waals surface area contributed by atoms with Gasteiger partial charge in [-0.05, 0) is 17.7 Å². The van der Waals surface area contributed by atoms with Crippen molar-refractivity contribution in [3.05, 3.63) is 35.6 Å². The number of nitrogens with one attached hydrogen (secondary N) is 1. The lowest BCUT2D eigenvalue weighted by molar-refractivity contribution is -0.120. The van der Waals surface area contributed by atoms with Crippen LogP contribution in [0.25, 0.3) is 0 Å². The first-order valence-electron chi connectivity index (χ1n) is 4.55. The molecule has 1 aromatic rings. The van der Waals surface area contributed by atoms with E-state index in [1.54, 1.807) is 12.1 Å². The molecule has 0 saturated heterocycles. The number of hydrogen-bond donors (Lipinski definition) is 2. The molecule has 1 aromatic carbocycles. The Hall–Kier alpha value is -1.46. The molecule has 1 rings (SSSR count). The number of carbonyl (C=O) groups excluding carboxylic acids is 1. The Bertz CT molecular complexity index is 314. The minimum Gasteiger partial charge on any atom is -0.353 e. The van der Waals surface area contributed by atoms with E-state index in [-0.39, 0.29) is 24.8 Å². The van der Waals surface area contributed by atoms with Crippen LogP contribution in [-0.4, -0.2) is 19.1 Å². The Kier molecular flexibility index (Phi) is 4.73. The summed E-state index contributed by atoms with van der Waals surface area (Å²) in [4.78, 5) is 15.6. The highest BCUT2D eigenvalue weighted by atomic mass is 19.1. The zero-order valence-corrected chi connectivity index (χ0v) is 8.20. The lowest BCUT2D eigenvalue weighted by atomic mass is 10.1. The van der Waals surface area contributed by atoms with Crippen molar-refractivity contribution >= 4 is 5.91 Å². The maximum atomic E-state index is 12.5. The third kappa shape index (κ3) is 4.53. The fourth-order valence-corrected chi connectivity index (χ4v) is 1.10. The van der Waals surface area contributed by atoms with Gasteiger partial charge in [0.25, 0.3) is 0 Å². The number of hydrogen-bond acceptors (Lipinski definition) is 3. The molecule has 82 valence electrons. The van der Waals surface area contributed by atoms with Gasteiger partial charge >= 0.3 is 0 Å². The molecule has 0 aliphatic heterocycles. The smallest absolute Gasteiger partial charge is 0.224 e. The summed E-state index contributed by atoms with van der Waals surface area (Å²) in [7, 11) is 0. The van der Waals surface area contributed by atoms with Crippen LogP contribution in [0, 0.1) is 5.82 Å². The van der Waals surface area contributed by atoms with Gasteiger partial charge < -0.3 is 10.2 Å². The lowest BCUT2D eigenvalue weighted by Gasteiger charge is -2.03. The first-order valence-corrected chi connectivity index (χ1v) is 4.55. The molecule has 0 radical (unpaired) electrons.